The van der Waals surface area contributed by atoms with Gasteiger partial charge in [0.1, 0.15) is 17.2 Å². The second-order valence-electron chi connectivity index (χ2n) is 12.7. The lowest BCUT2D eigenvalue weighted by Gasteiger charge is -2.27. The van der Waals surface area contributed by atoms with E-state index in [1.165, 1.54) is 11.8 Å². The summed E-state index contributed by atoms with van der Waals surface area (Å²) >= 11 is 2.49. The minimum Gasteiger partial charge on any atom is -0.452 e. The molecule has 0 aromatic heterocycles. The van der Waals surface area contributed by atoms with E-state index in [1.54, 1.807) is 53.5 Å². The monoisotopic (exact) mass is 609 g/mol. The molecule has 3 amide bonds. The first-order valence-electron chi connectivity index (χ1n) is 14.1. The lowest BCUT2D eigenvalue weighted by Crippen LogP contribution is -2.50. The van der Waals surface area contributed by atoms with Crippen molar-refractivity contribution >= 4 is 46.7 Å². The Morgan fingerprint density at radius 1 is 0.927 bits per heavy atom. The van der Waals surface area contributed by atoms with Crippen LogP contribution in [0, 0.1) is 5.92 Å². The van der Waals surface area contributed by atoms with Crippen LogP contribution in [0.5, 0.6) is 0 Å². The van der Waals surface area contributed by atoms with Crippen molar-refractivity contribution in [3.63, 3.8) is 0 Å². The molecule has 2 rings (SSSR count). The van der Waals surface area contributed by atoms with E-state index in [0.29, 0.717) is 25.9 Å². The lowest BCUT2D eigenvalue weighted by molar-refractivity contribution is -0.128. The average Bonchev–Trinajstić information content (AvgIpc) is 3.23. The predicted molar refractivity (Wildman–Crippen MR) is 166 cm³/mol. The maximum Gasteiger partial charge on any atom is 0.410 e. The molecule has 0 spiro atoms. The second-order valence-corrected chi connectivity index (χ2v) is 15.3. The van der Waals surface area contributed by atoms with Crippen molar-refractivity contribution in [2.24, 2.45) is 5.92 Å². The Morgan fingerprint density at radius 3 is 2.05 bits per heavy atom. The quantitative estimate of drug-likeness (QED) is 0.345. The van der Waals surface area contributed by atoms with Crippen LogP contribution in [-0.2, 0) is 25.5 Å². The lowest BCUT2D eigenvalue weighted by atomic mass is 10.0. The summed E-state index contributed by atoms with van der Waals surface area (Å²) in [6, 6.07) is 8.80. The van der Waals surface area contributed by atoms with E-state index in [1.807, 2.05) is 44.2 Å². The molecule has 1 saturated heterocycles. The van der Waals surface area contributed by atoms with Crippen LogP contribution in [-0.4, -0.2) is 81.2 Å². The van der Waals surface area contributed by atoms with Gasteiger partial charge < -0.3 is 25.0 Å². The molecule has 2 N–H and O–H groups in total. The fourth-order valence-corrected chi connectivity index (χ4v) is 7.26. The van der Waals surface area contributed by atoms with Crippen molar-refractivity contribution in [3.8, 4) is 0 Å². The van der Waals surface area contributed by atoms with Gasteiger partial charge in [-0.05, 0) is 71.2 Å². The zero-order valence-electron chi connectivity index (χ0n) is 25.8. The Labute approximate surface area is 253 Å². The molecule has 0 bridgehead atoms. The number of hydrogen-bond acceptors (Lipinski definition) is 8. The van der Waals surface area contributed by atoms with Crippen LogP contribution < -0.4 is 10.6 Å². The number of nitrogens with zero attached hydrogens (tertiary/aromatic N) is 1. The summed E-state index contributed by atoms with van der Waals surface area (Å²) in [6.07, 6.45) is 0.468. The molecule has 1 aliphatic rings. The van der Waals surface area contributed by atoms with Crippen LogP contribution in [0.4, 0.5) is 9.59 Å². The van der Waals surface area contributed by atoms with Crippen molar-refractivity contribution in [2.45, 2.75) is 101 Å². The van der Waals surface area contributed by atoms with Gasteiger partial charge in [-0.2, -0.15) is 0 Å². The molecule has 0 saturated carbocycles. The summed E-state index contributed by atoms with van der Waals surface area (Å²) in [5.41, 5.74) is -0.375. The van der Waals surface area contributed by atoms with Gasteiger partial charge in [0.2, 0.25) is 11.8 Å². The van der Waals surface area contributed by atoms with Gasteiger partial charge >= 0.3 is 11.4 Å². The van der Waals surface area contributed by atoms with Gasteiger partial charge in [0, 0.05) is 37.1 Å². The third-order valence-corrected chi connectivity index (χ3v) is 8.77. The third kappa shape index (κ3) is 12.6. The predicted octanol–water partition coefficient (Wildman–Crippen LogP) is 5.26. The summed E-state index contributed by atoms with van der Waals surface area (Å²) in [6.45, 7) is 15.5. The third-order valence-electron chi connectivity index (χ3n) is 5.98. The van der Waals surface area contributed by atoms with Crippen LogP contribution in [0.25, 0.3) is 0 Å². The van der Waals surface area contributed by atoms with Crippen molar-refractivity contribution in [3.05, 3.63) is 35.9 Å². The summed E-state index contributed by atoms with van der Waals surface area (Å²) in [4.78, 5) is 53.7. The number of likely N-dealkylation sites (tertiary alicyclic amines) is 1. The van der Waals surface area contributed by atoms with E-state index in [0.717, 1.165) is 17.3 Å². The summed E-state index contributed by atoms with van der Waals surface area (Å²) in [7, 11) is 1.55. The fourth-order valence-electron chi connectivity index (χ4n) is 4.22. The SMILES string of the molecule is CNC(=O)[C@H](Cc1ccccc1)NC(=O)[C@@H](CC(C)C)SC1CN(C(=O)OC(C)(C)C)C[C@@H]1SC(=O)OC(C)(C)C. The molecule has 11 heteroatoms. The molecule has 1 heterocycles. The van der Waals surface area contributed by atoms with Crippen molar-refractivity contribution < 1.29 is 28.7 Å². The van der Waals surface area contributed by atoms with Gasteiger partial charge in [-0.1, -0.05) is 44.2 Å². The van der Waals surface area contributed by atoms with Crippen LogP contribution in [0.3, 0.4) is 0 Å². The fraction of sp³-hybridized carbons (Fsp3) is 0.667. The molecule has 4 atom stereocenters. The van der Waals surface area contributed by atoms with Crippen molar-refractivity contribution in [1.82, 2.24) is 15.5 Å². The van der Waals surface area contributed by atoms with Gasteiger partial charge in [-0.15, -0.1) is 11.8 Å². The number of thioether (sulfide) groups is 2. The molecule has 0 aliphatic carbocycles. The first kappa shape index (κ1) is 34.8. The molecule has 1 aromatic carbocycles. The van der Waals surface area contributed by atoms with Gasteiger partial charge in [-0.3, -0.25) is 9.59 Å². The molecular formula is C30H47N3O6S2. The van der Waals surface area contributed by atoms with E-state index < -0.39 is 33.9 Å². The molecule has 0 radical (unpaired) electrons. The van der Waals surface area contributed by atoms with E-state index in [9.17, 15) is 19.2 Å². The molecular weight excluding hydrogens is 562 g/mol. The van der Waals surface area contributed by atoms with Crippen LogP contribution >= 0.6 is 23.5 Å². The number of carbonyl (C=O) groups excluding carboxylic acids is 4. The molecule has 9 nitrogen and oxygen atoms in total. The zero-order valence-corrected chi connectivity index (χ0v) is 27.4. The highest BCUT2D eigenvalue weighted by atomic mass is 32.2. The Balaban J connectivity index is 2.26. The van der Waals surface area contributed by atoms with E-state index in [-0.39, 0.29) is 28.2 Å². The maximum absolute atomic E-state index is 13.7. The van der Waals surface area contributed by atoms with Gasteiger partial charge in [0.05, 0.1) is 5.25 Å². The minimum atomic E-state index is -0.737. The molecule has 230 valence electrons. The number of amides is 3. The van der Waals surface area contributed by atoms with E-state index in [4.69, 9.17) is 9.47 Å². The minimum absolute atomic E-state index is 0.200. The smallest absolute Gasteiger partial charge is 0.410 e. The van der Waals surface area contributed by atoms with Crippen molar-refractivity contribution in [2.75, 3.05) is 20.1 Å². The topological polar surface area (TPSA) is 114 Å². The Bertz CT molecular complexity index is 1040. The largest absolute Gasteiger partial charge is 0.452 e. The van der Waals surface area contributed by atoms with Crippen LogP contribution in [0.1, 0.15) is 67.4 Å². The highest BCUT2D eigenvalue weighted by molar-refractivity contribution is 8.14. The normalized spacial score (nSPS) is 18.9. The summed E-state index contributed by atoms with van der Waals surface area (Å²) < 4.78 is 11.1. The standard InChI is InChI=1S/C30H47N3O6S2/c1-19(2)15-22(26(35)32-21(25(34)31-9)16-20-13-11-10-12-14-20)40-23-17-33(27(36)38-29(3,4)5)18-24(23)41-28(37)39-30(6,7)8/h10-14,19,21-24H,15-18H2,1-9H3,(H,31,34)(H,32,35)/t21-,22+,23?,24-/m0/s1. The Morgan fingerprint density at radius 2 is 1.51 bits per heavy atom. The first-order chi connectivity index (χ1) is 19.0. The Kier molecular flexibility index (Phi) is 12.9. The van der Waals surface area contributed by atoms with Gasteiger partial charge in [0.15, 0.2) is 0 Å². The molecule has 1 unspecified atom stereocenters. The highest BCUT2D eigenvalue weighted by Crippen LogP contribution is 2.37. The first-order valence-corrected chi connectivity index (χ1v) is 15.9. The molecule has 41 heavy (non-hydrogen) atoms. The molecule has 1 fully saturated rings. The van der Waals surface area contributed by atoms with Crippen LogP contribution in [0.15, 0.2) is 30.3 Å². The van der Waals surface area contributed by atoms with Gasteiger partial charge in [-0.25, -0.2) is 9.59 Å². The molecule has 1 aliphatic heterocycles. The van der Waals surface area contributed by atoms with E-state index >= 15 is 0 Å². The number of nitrogens with one attached hydrogen (secondary N) is 2. The number of rotatable bonds is 10. The molecule has 1 aromatic rings. The zero-order chi connectivity index (χ0) is 31.0. The Hall–Kier alpha value is -2.40. The number of ether oxygens (including phenoxy) is 2. The summed E-state index contributed by atoms with van der Waals surface area (Å²) in [5, 5.41) is 4.17. The number of benzene rings is 1. The maximum atomic E-state index is 13.7. The van der Waals surface area contributed by atoms with Gasteiger partial charge in [0.25, 0.3) is 0 Å². The number of carbonyl (C=O) groups is 4. The number of likely N-dealkylation sites (N-methyl/N-ethyl adjacent to an activating group) is 1. The summed E-state index contributed by atoms with van der Waals surface area (Å²) in [5.74, 6) is -0.318. The number of hydrogen-bond donors (Lipinski definition) is 2. The van der Waals surface area contributed by atoms with E-state index in [2.05, 4.69) is 10.6 Å². The average molecular weight is 610 g/mol. The highest BCUT2D eigenvalue weighted by Gasteiger charge is 2.42. The van der Waals surface area contributed by atoms with Crippen LogP contribution in [0.2, 0.25) is 0 Å². The second kappa shape index (κ2) is 15.2. The van der Waals surface area contributed by atoms with Crippen molar-refractivity contribution in [1.29, 1.82) is 0 Å².